The normalized spacial score (nSPS) is 15.8. The zero-order chi connectivity index (χ0) is 10.6. The van der Waals surface area contributed by atoms with Crippen molar-refractivity contribution in [3.05, 3.63) is 22.4 Å². The molecule has 14 heavy (non-hydrogen) atoms. The third-order valence-corrected chi connectivity index (χ3v) is 3.81. The maximum atomic E-state index is 6.14. The number of nitrogens with two attached hydrogens (primary N) is 1. The fourth-order valence-electron chi connectivity index (χ4n) is 1.53. The van der Waals surface area contributed by atoms with Gasteiger partial charge >= 0.3 is 0 Å². The lowest BCUT2D eigenvalue weighted by Crippen LogP contribution is -2.31. The van der Waals surface area contributed by atoms with Gasteiger partial charge in [0.1, 0.15) is 0 Å². The fourth-order valence-corrected chi connectivity index (χ4v) is 2.23. The molecule has 2 N–H and O–H groups in total. The monoisotopic (exact) mass is 211 g/mol. The molecule has 2 heteroatoms. The smallest absolute Gasteiger partial charge is 0.00701 e. The van der Waals surface area contributed by atoms with Gasteiger partial charge in [-0.15, -0.1) is 0 Å². The Morgan fingerprint density at radius 1 is 1.36 bits per heavy atom. The van der Waals surface area contributed by atoms with Crippen LogP contribution < -0.4 is 5.73 Å². The molecule has 2 unspecified atom stereocenters. The third kappa shape index (κ3) is 3.43. The lowest BCUT2D eigenvalue weighted by molar-refractivity contribution is 0.333. The van der Waals surface area contributed by atoms with Crippen LogP contribution in [0.1, 0.15) is 32.8 Å². The Hall–Kier alpha value is -0.340. The molecule has 1 aromatic heterocycles. The van der Waals surface area contributed by atoms with Crippen molar-refractivity contribution in [1.82, 2.24) is 0 Å². The van der Waals surface area contributed by atoms with Gasteiger partial charge in [-0.1, -0.05) is 20.8 Å². The van der Waals surface area contributed by atoms with E-state index in [4.69, 9.17) is 5.73 Å². The number of aryl methyl sites for hydroxylation is 1. The Bertz CT molecular complexity index is 241. The van der Waals surface area contributed by atoms with E-state index in [0.717, 1.165) is 12.8 Å². The van der Waals surface area contributed by atoms with Crippen LogP contribution in [0.4, 0.5) is 0 Å². The van der Waals surface area contributed by atoms with Gasteiger partial charge in [0, 0.05) is 6.04 Å². The molecule has 1 aromatic rings. The summed E-state index contributed by atoms with van der Waals surface area (Å²) < 4.78 is 0. The van der Waals surface area contributed by atoms with E-state index in [9.17, 15) is 0 Å². The molecule has 0 amide bonds. The van der Waals surface area contributed by atoms with Gasteiger partial charge in [0.25, 0.3) is 0 Å². The first-order chi connectivity index (χ1) is 6.61. The van der Waals surface area contributed by atoms with Gasteiger partial charge in [-0.25, -0.2) is 0 Å². The van der Waals surface area contributed by atoms with Gasteiger partial charge in [0.15, 0.2) is 0 Å². The molecule has 80 valence electrons. The van der Waals surface area contributed by atoms with E-state index in [0.29, 0.717) is 17.9 Å². The van der Waals surface area contributed by atoms with Gasteiger partial charge in [-0.05, 0) is 47.1 Å². The second-order valence-corrected chi connectivity index (χ2v) is 5.22. The van der Waals surface area contributed by atoms with Gasteiger partial charge in [0.2, 0.25) is 0 Å². The first-order valence-electron chi connectivity index (χ1n) is 5.38. The molecule has 0 spiro atoms. The Balaban J connectivity index is 2.31. The predicted molar refractivity (Wildman–Crippen MR) is 64.6 cm³/mol. The summed E-state index contributed by atoms with van der Waals surface area (Å²) in [6, 6.07) is 2.53. The van der Waals surface area contributed by atoms with E-state index in [1.165, 1.54) is 5.56 Å². The Morgan fingerprint density at radius 3 is 2.57 bits per heavy atom. The molecular formula is C12H21NS. The van der Waals surface area contributed by atoms with Crippen LogP contribution in [0.15, 0.2) is 16.8 Å². The van der Waals surface area contributed by atoms with Crippen molar-refractivity contribution in [3.63, 3.8) is 0 Å². The summed E-state index contributed by atoms with van der Waals surface area (Å²) in [6.07, 6.45) is 2.23. The van der Waals surface area contributed by atoms with Crippen molar-refractivity contribution in [2.24, 2.45) is 17.6 Å². The SMILES string of the molecule is CC(C)C(C)C(N)CCc1ccsc1. The quantitative estimate of drug-likeness (QED) is 0.794. The summed E-state index contributed by atoms with van der Waals surface area (Å²) in [4.78, 5) is 0. The lowest BCUT2D eigenvalue weighted by Gasteiger charge is -2.23. The van der Waals surface area contributed by atoms with Crippen molar-refractivity contribution in [2.45, 2.75) is 39.7 Å². The van der Waals surface area contributed by atoms with Gasteiger partial charge in [0.05, 0.1) is 0 Å². The largest absolute Gasteiger partial charge is 0.327 e. The summed E-state index contributed by atoms with van der Waals surface area (Å²) in [5.41, 5.74) is 7.57. The van der Waals surface area contributed by atoms with E-state index >= 15 is 0 Å². The van der Waals surface area contributed by atoms with E-state index in [1.54, 1.807) is 11.3 Å². The summed E-state index contributed by atoms with van der Waals surface area (Å²) in [6.45, 7) is 6.74. The molecule has 0 aliphatic heterocycles. The molecule has 1 heterocycles. The number of hydrogen-bond acceptors (Lipinski definition) is 2. The molecule has 1 nitrogen and oxygen atoms in total. The van der Waals surface area contributed by atoms with Crippen molar-refractivity contribution in [2.75, 3.05) is 0 Å². The minimum Gasteiger partial charge on any atom is -0.327 e. The van der Waals surface area contributed by atoms with Crippen molar-refractivity contribution in [3.8, 4) is 0 Å². The number of thiophene rings is 1. The minimum atomic E-state index is 0.342. The Kier molecular flexibility index (Phi) is 4.63. The maximum absolute atomic E-state index is 6.14. The molecule has 0 fully saturated rings. The molecule has 0 aromatic carbocycles. The van der Waals surface area contributed by atoms with E-state index in [-0.39, 0.29) is 0 Å². The molecule has 0 saturated carbocycles. The van der Waals surface area contributed by atoms with Crippen molar-refractivity contribution < 1.29 is 0 Å². The molecule has 0 aliphatic carbocycles. The zero-order valence-corrected chi connectivity index (χ0v) is 10.2. The molecule has 0 bridgehead atoms. The standard InChI is InChI=1S/C12H21NS/c1-9(2)10(3)12(13)5-4-11-6-7-14-8-11/h6-10,12H,4-5,13H2,1-3H3. The first kappa shape index (κ1) is 11.7. The van der Waals surface area contributed by atoms with Crippen LogP contribution in [0, 0.1) is 11.8 Å². The summed E-state index contributed by atoms with van der Waals surface area (Å²) in [5, 5.41) is 4.35. The second kappa shape index (κ2) is 5.52. The zero-order valence-electron chi connectivity index (χ0n) is 9.36. The molecule has 0 saturated heterocycles. The number of rotatable bonds is 5. The van der Waals surface area contributed by atoms with Crippen LogP contribution in [0.5, 0.6) is 0 Å². The van der Waals surface area contributed by atoms with Crippen LogP contribution in [-0.2, 0) is 6.42 Å². The molecule has 0 aliphatic rings. The highest BCUT2D eigenvalue weighted by Crippen LogP contribution is 2.17. The average molecular weight is 211 g/mol. The van der Waals surface area contributed by atoms with Gasteiger partial charge in [-0.2, -0.15) is 11.3 Å². The fraction of sp³-hybridized carbons (Fsp3) is 0.667. The average Bonchev–Trinajstić information content (AvgIpc) is 2.65. The van der Waals surface area contributed by atoms with E-state index < -0.39 is 0 Å². The lowest BCUT2D eigenvalue weighted by atomic mass is 9.88. The highest BCUT2D eigenvalue weighted by Gasteiger charge is 2.15. The second-order valence-electron chi connectivity index (χ2n) is 4.44. The molecule has 2 atom stereocenters. The van der Waals surface area contributed by atoms with E-state index in [2.05, 4.69) is 37.6 Å². The molecule has 0 radical (unpaired) electrons. The van der Waals surface area contributed by atoms with Crippen LogP contribution in [0.2, 0.25) is 0 Å². The van der Waals surface area contributed by atoms with Crippen molar-refractivity contribution >= 4 is 11.3 Å². The minimum absolute atomic E-state index is 0.342. The van der Waals surface area contributed by atoms with Gasteiger partial charge < -0.3 is 5.73 Å². The van der Waals surface area contributed by atoms with E-state index in [1.807, 2.05) is 0 Å². The molecule has 1 rings (SSSR count). The predicted octanol–water partition coefficient (Wildman–Crippen LogP) is 3.30. The Morgan fingerprint density at radius 2 is 2.07 bits per heavy atom. The number of hydrogen-bond donors (Lipinski definition) is 1. The van der Waals surface area contributed by atoms with Crippen LogP contribution in [0.25, 0.3) is 0 Å². The maximum Gasteiger partial charge on any atom is 0.00701 e. The van der Waals surface area contributed by atoms with Crippen LogP contribution >= 0.6 is 11.3 Å². The van der Waals surface area contributed by atoms with Crippen LogP contribution in [-0.4, -0.2) is 6.04 Å². The van der Waals surface area contributed by atoms with Crippen molar-refractivity contribution in [1.29, 1.82) is 0 Å². The highest BCUT2D eigenvalue weighted by atomic mass is 32.1. The summed E-state index contributed by atoms with van der Waals surface area (Å²) >= 11 is 1.77. The Labute approximate surface area is 91.3 Å². The summed E-state index contributed by atoms with van der Waals surface area (Å²) in [5.74, 6) is 1.31. The first-order valence-corrected chi connectivity index (χ1v) is 6.32. The molecular weight excluding hydrogens is 190 g/mol. The highest BCUT2D eigenvalue weighted by molar-refractivity contribution is 7.07. The van der Waals surface area contributed by atoms with Crippen LogP contribution in [0.3, 0.4) is 0 Å². The summed E-state index contributed by atoms with van der Waals surface area (Å²) in [7, 11) is 0. The third-order valence-electron chi connectivity index (χ3n) is 3.07. The van der Waals surface area contributed by atoms with Gasteiger partial charge in [-0.3, -0.25) is 0 Å². The topological polar surface area (TPSA) is 26.0 Å².